The number of hydrogen-bond acceptors (Lipinski definition) is 3. The standard InChI is InChI=1S/C13H12ClFN2O2/c1-2-19-7-12-16-11(6-13(18)17-12)9-5-8(15)3-4-10(9)14/h3-6H,2,7H2,1H3,(H,16,17,18). The maximum Gasteiger partial charge on any atom is 0.251 e. The highest BCUT2D eigenvalue weighted by Crippen LogP contribution is 2.26. The predicted octanol–water partition coefficient (Wildman–Crippen LogP) is 2.77. The molecule has 0 unspecified atom stereocenters. The molecule has 100 valence electrons. The van der Waals surface area contributed by atoms with Gasteiger partial charge >= 0.3 is 0 Å². The minimum absolute atomic E-state index is 0.187. The van der Waals surface area contributed by atoms with Gasteiger partial charge in [-0.25, -0.2) is 9.37 Å². The van der Waals surface area contributed by atoms with E-state index >= 15 is 0 Å². The molecule has 0 saturated carbocycles. The molecule has 4 nitrogen and oxygen atoms in total. The summed E-state index contributed by atoms with van der Waals surface area (Å²) in [5.41, 5.74) is 0.369. The predicted molar refractivity (Wildman–Crippen MR) is 70.6 cm³/mol. The Morgan fingerprint density at radius 1 is 1.42 bits per heavy atom. The van der Waals surface area contributed by atoms with Crippen molar-refractivity contribution < 1.29 is 9.13 Å². The lowest BCUT2D eigenvalue weighted by atomic mass is 10.1. The van der Waals surface area contributed by atoms with E-state index in [1.165, 1.54) is 24.3 Å². The van der Waals surface area contributed by atoms with Gasteiger partial charge in [-0.15, -0.1) is 0 Å². The number of rotatable bonds is 4. The van der Waals surface area contributed by atoms with Gasteiger partial charge in [-0.1, -0.05) is 11.6 Å². The van der Waals surface area contributed by atoms with Crippen LogP contribution in [0.15, 0.2) is 29.1 Å². The van der Waals surface area contributed by atoms with Crippen molar-refractivity contribution in [2.45, 2.75) is 13.5 Å². The van der Waals surface area contributed by atoms with Crippen molar-refractivity contribution in [1.82, 2.24) is 9.97 Å². The van der Waals surface area contributed by atoms with E-state index in [2.05, 4.69) is 9.97 Å². The fraction of sp³-hybridized carbons (Fsp3) is 0.231. The monoisotopic (exact) mass is 282 g/mol. The molecule has 0 fully saturated rings. The van der Waals surface area contributed by atoms with Gasteiger partial charge in [-0.05, 0) is 25.1 Å². The summed E-state index contributed by atoms with van der Waals surface area (Å²) >= 11 is 5.99. The molecule has 0 atom stereocenters. The van der Waals surface area contributed by atoms with Crippen molar-refractivity contribution >= 4 is 11.6 Å². The van der Waals surface area contributed by atoms with Crippen molar-refractivity contribution in [3.8, 4) is 11.3 Å². The average molecular weight is 283 g/mol. The number of aromatic amines is 1. The second kappa shape index (κ2) is 5.95. The zero-order chi connectivity index (χ0) is 13.8. The van der Waals surface area contributed by atoms with Crippen molar-refractivity contribution in [2.24, 2.45) is 0 Å². The third-order valence-corrected chi connectivity index (χ3v) is 2.77. The average Bonchev–Trinajstić information content (AvgIpc) is 2.38. The van der Waals surface area contributed by atoms with Gasteiger partial charge in [0.05, 0.1) is 10.7 Å². The molecule has 0 aliphatic heterocycles. The van der Waals surface area contributed by atoms with Gasteiger partial charge in [0.2, 0.25) is 0 Å². The number of hydrogen-bond donors (Lipinski definition) is 1. The Morgan fingerprint density at radius 2 is 2.21 bits per heavy atom. The highest BCUT2D eigenvalue weighted by molar-refractivity contribution is 6.33. The Morgan fingerprint density at radius 3 is 2.95 bits per heavy atom. The molecular formula is C13H12ClFN2O2. The van der Waals surface area contributed by atoms with Gasteiger partial charge in [-0.2, -0.15) is 0 Å². The second-order valence-electron chi connectivity index (χ2n) is 3.84. The van der Waals surface area contributed by atoms with E-state index in [0.717, 1.165) is 0 Å². The van der Waals surface area contributed by atoms with E-state index in [-0.39, 0.29) is 12.2 Å². The minimum atomic E-state index is -0.437. The number of halogens is 2. The second-order valence-corrected chi connectivity index (χ2v) is 4.25. The lowest BCUT2D eigenvalue weighted by Gasteiger charge is -2.06. The van der Waals surface area contributed by atoms with Crippen molar-refractivity contribution in [2.75, 3.05) is 6.61 Å². The first kappa shape index (κ1) is 13.7. The molecule has 0 bridgehead atoms. The molecule has 0 aliphatic carbocycles. The summed E-state index contributed by atoms with van der Waals surface area (Å²) in [6.07, 6.45) is 0. The first-order chi connectivity index (χ1) is 9.10. The minimum Gasteiger partial charge on any atom is -0.374 e. The van der Waals surface area contributed by atoms with Crippen LogP contribution in [0.2, 0.25) is 5.02 Å². The number of H-pyrrole nitrogens is 1. The Kier molecular flexibility index (Phi) is 4.29. The number of benzene rings is 1. The molecule has 2 rings (SSSR count). The van der Waals surface area contributed by atoms with Crippen LogP contribution in [-0.4, -0.2) is 16.6 Å². The van der Waals surface area contributed by atoms with Gasteiger partial charge in [0.15, 0.2) is 0 Å². The third-order valence-electron chi connectivity index (χ3n) is 2.44. The van der Waals surface area contributed by atoms with Crippen LogP contribution in [0.4, 0.5) is 4.39 Å². The molecular weight excluding hydrogens is 271 g/mol. The summed E-state index contributed by atoms with van der Waals surface area (Å²) in [4.78, 5) is 18.3. The molecule has 2 aromatic rings. The van der Waals surface area contributed by atoms with Crippen LogP contribution < -0.4 is 5.56 Å². The van der Waals surface area contributed by atoms with E-state index in [0.29, 0.717) is 28.7 Å². The zero-order valence-corrected chi connectivity index (χ0v) is 11.0. The molecule has 1 heterocycles. The summed E-state index contributed by atoms with van der Waals surface area (Å²) in [5.74, 6) is -0.0579. The molecule has 1 aromatic heterocycles. The van der Waals surface area contributed by atoms with Crippen LogP contribution in [0.1, 0.15) is 12.7 Å². The maximum atomic E-state index is 13.2. The fourth-order valence-corrected chi connectivity index (χ4v) is 1.82. The van der Waals surface area contributed by atoms with Gasteiger partial charge in [0, 0.05) is 18.2 Å². The SMILES string of the molecule is CCOCc1nc(-c2cc(F)ccc2Cl)cc(=O)[nH]1. The van der Waals surface area contributed by atoms with E-state index < -0.39 is 5.82 Å². The van der Waals surface area contributed by atoms with Crippen LogP contribution in [0.3, 0.4) is 0 Å². The summed E-state index contributed by atoms with van der Waals surface area (Å²) < 4.78 is 18.4. The van der Waals surface area contributed by atoms with Crippen molar-refractivity contribution in [1.29, 1.82) is 0 Å². The highest BCUT2D eigenvalue weighted by Gasteiger charge is 2.09. The van der Waals surface area contributed by atoms with Gasteiger partial charge in [0.1, 0.15) is 18.2 Å². The summed E-state index contributed by atoms with van der Waals surface area (Å²) in [6.45, 7) is 2.53. The Bertz CT molecular complexity index is 643. The molecule has 1 aromatic carbocycles. The third kappa shape index (κ3) is 3.39. The Balaban J connectivity index is 2.46. The molecule has 0 aliphatic rings. The first-order valence-corrected chi connectivity index (χ1v) is 6.11. The van der Waals surface area contributed by atoms with E-state index in [1.54, 1.807) is 0 Å². The number of aromatic nitrogens is 2. The Labute approximate surface area is 114 Å². The van der Waals surface area contributed by atoms with Crippen LogP contribution >= 0.6 is 11.6 Å². The molecule has 0 spiro atoms. The topological polar surface area (TPSA) is 55.0 Å². The molecule has 0 amide bonds. The largest absolute Gasteiger partial charge is 0.374 e. The molecule has 0 radical (unpaired) electrons. The van der Waals surface area contributed by atoms with Gasteiger partial charge in [0.25, 0.3) is 5.56 Å². The van der Waals surface area contributed by atoms with E-state index in [1.807, 2.05) is 6.92 Å². The van der Waals surface area contributed by atoms with Crippen LogP contribution in [0.5, 0.6) is 0 Å². The normalized spacial score (nSPS) is 10.7. The molecule has 6 heteroatoms. The van der Waals surface area contributed by atoms with Gasteiger partial charge in [-0.3, -0.25) is 4.79 Å². The van der Waals surface area contributed by atoms with Crippen molar-refractivity contribution in [3.05, 3.63) is 51.3 Å². The summed E-state index contributed by atoms with van der Waals surface area (Å²) in [7, 11) is 0. The lowest BCUT2D eigenvalue weighted by molar-refractivity contribution is 0.128. The molecule has 19 heavy (non-hydrogen) atoms. The smallest absolute Gasteiger partial charge is 0.251 e. The maximum absolute atomic E-state index is 13.2. The van der Waals surface area contributed by atoms with Crippen LogP contribution in [0, 0.1) is 5.82 Å². The quantitative estimate of drug-likeness (QED) is 0.938. The number of nitrogens with one attached hydrogen (secondary N) is 1. The number of ether oxygens (including phenoxy) is 1. The fourth-order valence-electron chi connectivity index (χ4n) is 1.61. The summed E-state index contributed by atoms with van der Waals surface area (Å²) in [6, 6.07) is 5.20. The van der Waals surface area contributed by atoms with Crippen LogP contribution in [0.25, 0.3) is 11.3 Å². The molecule has 0 saturated heterocycles. The molecule has 1 N–H and O–H groups in total. The lowest BCUT2D eigenvalue weighted by Crippen LogP contribution is -2.12. The zero-order valence-electron chi connectivity index (χ0n) is 10.2. The van der Waals surface area contributed by atoms with Gasteiger partial charge < -0.3 is 9.72 Å². The highest BCUT2D eigenvalue weighted by atomic mass is 35.5. The van der Waals surface area contributed by atoms with E-state index in [9.17, 15) is 9.18 Å². The number of nitrogens with zero attached hydrogens (tertiary/aromatic N) is 1. The van der Waals surface area contributed by atoms with Crippen LogP contribution in [-0.2, 0) is 11.3 Å². The first-order valence-electron chi connectivity index (χ1n) is 5.73. The van der Waals surface area contributed by atoms with E-state index in [4.69, 9.17) is 16.3 Å². The summed E-state index contributed by atoms with van der Waals surface area (Å²) in [5, 5.41) is 0.335. The Hall–Kier alpha value is -1.72. The van der Waals surface area contributed by atoms with Crippen molar-refractivity contribution in [3.63, 3.8) is 0 Å².